The number of carbonyl (C=O) groups excluding carboxylic acids is 2. The van der Waals surface area contributed by atoms with E-state index in [9.17, 15) is 19.8 Å². The van der Waals surface area contributed by atoms with Gasteiger partial charge in [0.15, 0.2) is 11.4 Å². The Labute approximate surface area is 212 Å². The van der Waals surface area contributed by atoms with Gasteiger partial charge in [0.25, 0.3) is 0 Å². The molecule has 9 heteroatoms. The SMILES string of the molecule is CC(C)(C)OC(=O)C(N)(CCCCc1ccccc1)N(C(=O)ON)C(Cc1ccccc1)C(C)(O)O. The van der Waals surface area contributed by atoms with Gasteiger partial charge in [-0.05, 0) is 70.9 Å². The highest BCUT2D eigenvalue weighted by Gasteiger charge is 2.53. The second kappa shape index (κ2) is 12.3. The molecule has 0 radical (unpaired) electrons. The van der Waals surface area contributed by atoms with Gasteiger partial charge in [-0.2, -0.15) is 5.90 Å². The van der Waals surface area contributed by atoms with Crippen molar-refractivity contribution in [2.24, 2.45) is 11.6 Å². The Bertz CT molecular complexity index is 972. The molecule has 0 fully saturated rings. The number of aliphatic hydroxyl groups is 2. The molecular weight excluding hydrogens is 462 g/mol. The highest BCUT2D eigenvalue weighted by Crippen LogP contribution is 2.30. The molecular formula is C27H39N3O6. The summed E-state index contributed by atoms with van der Waals surface area (Å²) >= 11 is 0. The lowest BCUT2D eigenvalue weighted by molar-refractivity contribution is -0.209. The molecule has 0 aliphatic rings. The van der Waals surface area contributed by atoms with Gasteiger partial charge >= 0.3 is 12.1 Å². The van der Waals surface area contributed by atoms with Crippen molar-refractivity contribution in [3.05, 3.63) is 71.8 Å². The van der Waals surface area contributed by atoms with Gasteiger partial charge in [-0.25, -0.2) is 9.59 Å². The largest absolute Gasteiger partial charge is 0.457 e. The minimum atomic E-state index is -2.46. The van der Waals surface area contributed by atoms with Gasteiger partial charge in [-0.1, -0.05) is 60.7 Å². The zero-order chi connectivity index (χ0) is 27.0. The summed E-state index contributed by atoms with van der Waals surface area (Å²) in [5, 5.41) is 21.4. The van der Waals surface area contributed by atoms with Crippen molar-refractivity contribution < 1.29 is 29.4 Å². The van der Waals surface area contributed by atoms with Crippen molar-refractivity contribution in [1.82, 2.24) is 4.90 Å². The van der Waals surface area contributed by atoms with Gasteiger partial charge in [0, 0.05) is 0 Å². The summed E-state index contributed by atoms with van der Waals surface area (Å²) < 4.78 is 5.59. The zero-order valence-corrected chi connectivity index (χ0v) is 21.5. The number of ether oxygens (including phenoxy) is 1. The van der Waals surface area contributed by atoms with Crippen molar-refractivity contribution >= 4 is 12.1 Å². The first-order valence-corrected chi connectivity index (χ1v) is 12.0. The zero-order valence-electron chi connectivity index (χ0n) is 21.5. The van der Waals surface area contributed by atoms with Crippen molar-refractivity contribution in [2.45, 2.75) is 82.9 Å². The lowest BCUT2D eigenvalue weighted by atomic mass is 9.91. The number of hydrogen-bond donors (Lipinski definition) is 4. The predicted octanol–water partition coefficient (Wildman–Crippen LogP) is 3.02. The minimum Gasteiger partial charge on any atom is -0.457 e. The Kier molecular flexibility index (Phi) is 10.0. The molecule has 0 saturated carbocycles. The Morgan fingerprint density at radius 1 is 0.917 bits per heavy atom. The van der Waals surface area contributed by atoms with E-state index in [0.29, 0.717) is 18.4 Å². The molecule has 0 aliphatic carbocycles. The Hall–Kier alpha value is -2.98. The summed E-state index contributed by atoms with van der Waals surface area (Å²) in [5.41, 5.74) is 5.47. The molecule has 0 spiro atoms. The van der Waals surface area contributed by atoms with Crippen molar-refractivity contribution in [2.75, 3.05) is 0 Å². The van der Waals surface area contributed by atoms with Gasteiger partial charge in [-0.3, -0.25) is 10.6 Å². The first-order valence-electron chi connectivity index (χ1n) is 12.0. The van der Waals surface area contributed by atoms with Crippen molar-refractivity contribution in [1.29, 1.82) is 0 Å². The maximum Gasteiger partial charge on any atom is 0.430 e. The third-order valence-electron chi connectivity index (χ3n) is 5.81. The van der Waals surface area contributed by atoms with Gasteiger partial charge < -0.3 is 19.8 Å². The van der Waals surface area contributed by atoms with Crippen molar-refractivity contribution in [3.63, 3.8) is 0 Å². The smallest absolute Gasteiger partial charge is 0.430 e. The average Bonchev–Trinajstić information content (AvgIpc) is 2.81. The normalized spacial score (nSPS) is 14.4. The Balaban J connectivity index is 2.45. The number of hydrogen-bond acceptors (Lipinski definition) is 8. The van der Waals surface area contributed by atoms with Gasteiger partial charge in [0.2, 0.25) is 0 Å². The predicted molar refractivity (Wildman–Crippen MR) is 136 cm³/mol. The maximum absolute atomic E-state index is 13.5. The molecule has 0 aliphatic heterocycles. The monoisotopic (exact) mass is 501 g/mol. The molecule has 2 aromatic carbocycles. The molecule has 1 amide bonds. The third kappa shape index (κ3) is 8.30. The number of esters is 1. The van der Waals surface area contributed by atoms with Gasteiger partial charge in [0.1, 0.15) is 5.60 Å². The van der Waals surface area contributed by atoms with Crippen LogP contribution in [0.3, 0.4) is 0 Å². The maximum atomic E-state index is 13.5. The van der Waals surface area contributed by atoms with Crippen LogP contribution >= 0.6 is 0 Å². The van der Waals surface area contributed by atoms with Crippen LogP contribution < -0.4 is 11.6 Å². The summed E-state index contributed by atoms with van der Waals surface area (Å²) in [6.45, 7) is 6.14. The molecule has 6 N–H and O–H groups in total. The molecule has 2 atom stereocenters. The summed E-state index contributed by atoms with van der Waals surface area (Å²) in [6.07, 6.45) is 0.594. The summed E-state index contributed by atoms with van der Waals surface area (Å²) in [6, 6.07) is 17.3. The average molecular weight is 502 g/mol. The fraction of sp³-hybridized carbons (Fsp3) is 0.481. The molecule has 2 rings (SSSR count). The van der Waals surface area contributed by atoms with Crippen LogP contribution in [0.4, 0.5) is 4.79 Å². The van der Waals surface area contributed by atoms with E-state index >= 15 is 0 Å². The number of amides is 1. The first kappa shape index (κ1) is 29.3. The number of aryl methyl sites for hydroxylation is 1. The Morgan fingerprint density at radius 3 is 1.92 bits per heavy atom. The lowest BCUT2D eigenvalue weighted by Gasteiger charge is -2.46. The number of carbonyl (C=O) groups is 2. The molecule has 9 nitrogen and oxygen atoms in total. The first-order chi connectivity index (χ1) is 16.8. The number of benzene rings is 2. The topological polar surface area (TPSA) is 148 Å². The van der Waals surface area contributed by atoms with Crippen LogP contribution in [-0.2, 0) is 27.2 Å². The number of rotatable bonds is 11. The summed E-state index contributed by atoms with van der Waals surface area (Å²) in [7, 11) is 0. The molecule has 2 unspecified atom stereocenters. The van der Waals surface area contributed by atoms with E-state index in [4.69, 9.17) is 16.4 Å². The van der Waals surface area contributed by atoms with Gasteiger partial charge in [0.05, 0.1) is 6.04 Å². The van der Waals surface area contributed by atoms with Crippen LogP contribution in [-0.4, -0.2) is 50.3 Å². The third-order valence-corrected chi connectivity index (χ3v) is 5.81. The molecule has 0 saturated heterocycles. The van der Waals surface area contributed by atoms with Crippen LogP contribution in [0.15, 0.2) is 60.7 Å². The van der Waals surface area contributed by atoms with Crippen LogP contribution in [0.1, 0.15) is 58.1 Å². The van der Waals surface area contributed by atoms with E-state index in [1.165, 1.54) is 0 Å². The molecule has 0 aromatic heterocycles. The van der Waals surface area contributed by atoms with E-state index < -0.39 is 35.2 Å². The van der Waals surface area contributed by atoms with Crippen LogP contribution in [0, 0.1) is 0 Å². The molecule has 36 heavy (non-hydrogen) atoms. The minimum absolute atomic E-state index is 0.0226. The molecule has 198 valence electrons. The van der Waals surface area contributed by atoms with Crippen LogP contribution in [0.5, 0.6) is 0 Å². The van der Waals surface area contributed by atoms with E-state index in [2.05, 4.69) is 4.84 Å². The number of unbranched alkanes of at least 4 members (excludes halogenated alkanes) is 1. The fourth-order valence-electron chi connectivity index (χ4n) is 4.05. The molecule has 2 aromatic rings. The van der Waals surface area contributed by atoms with Crippen LogP contribution in [0.2, 0.25) is 0 Å². The quantitative estimate of drug-likeness (QED) is 0.159. The lowest BCUT2D eigenvalue weighted by Crippen LogP contribution is -2.71. The van der Waals surface area contributed by atoms with E-state index in [1.807, 2.05) is 36.4 Å². The summed E-state index contributed by atoms with van der Waals surface area (Å²) in [5.74, 6) is 1.88. The summed E-state index contributed by atoms with van der Waals surface area (Å²) in [4.78, 5) is 31.8. The standard InChI is InChI=1S/C27H39N3O6/c1-25(2,3)35-23(31)27(28,18-12-11-15-20-13-7-5-8-14-20)30(24(32)36-29)22(26(4,33)34)19-21-16-9-6-10-17-21/h5-10,13-14,16-17,22,33-34H,11-12,15,18-19,28-29H2,1-4H3. The fourth-order valence-corrected chi connectivity index (χ4v) is 4.05. The second-order valence-corrected chi connectivity index (χ2v) is 10.2. The second-order valence-electron chi connectivity index (χ2n) is 10.2. The van der Waals surface area contributed by atoms with Crippen molar-refractivity contribution in [3.8, 4) is 0 Å². The highest BCUT2D eigenvalue weighted by molar-refractivity contribution is 5.85. The van der Waals surface area contributed by atoms with E-state index in [-0.39, 0.29) is 12.8 Å². The number of nitrogens with zero attached hydrogens (tertiary/aromatic N) is 1. The number of nitrogens with two attached hydrogens (primary N) is 2. The Morgan fingerprint density at radius 2 is 1.44 bits per heavy atom. The van der Waals surface area contributed by atoms with Crippen LogP contribution in [0.25, 0.3) is 0 Å². The van der Waals surface area contributed by atoms with E-state index in [0.717, 1.165) is 23.8 Å². The van der Waals surface area contributed by atoms with E-state index in [1.54, 1.807) is 45.0 Å². The molecule has 0 bridgehead atoms. The van der Waals surface area contributed by atoms with Gasteiger partial charge in [-0.15, -0.1) is 0 Å². The molecule has 0 heterocycles. The highest BCUT2D eigenvalue weighted by atomic mass is 16.7.